The summed E-state index contributed by atoms with van der Waals surface area (Å²) < 4.78 is 4.68. The molecule has 0 spiro atoms. The number of nitrogens with one attached hydrogen (secondary N) is 4. The Hall–Kier alpha value is -12.6. The van der Waals surface area contributed by atoms with Crippen LogP contribution >= 0.6 is 0 Å². The molecule has 0 amide bonds. The van der Waals surface area contributed by atoms with Crippen LogP contribution in [0.5, 0.6) is 17.2 Å². The van der Waals surface area contributed by atoms with Gasteiger partial charge in [0.25, 0.3) is 0 Å². The lowest BCUT2D eigenvalue weighted by atomic mass is 10.1. The number of hydrogen-bond acceptors (Lipinski definition) is 18. The van der Waals surface area contributed by atoms with Gasteiger partial charge in [0.2, 0.25) is 10.9 Å². The smallest absolute Gasteiger partial charge is 0.340 e. The Labute approximate surface area is 517 Å². The number of aliphatic hydroxyl groups is 1. The van der Waals surface area contributed by atoms with Crippen molar-refractivity contribution in [2.45, 2.75) is 20.8 Å². The number of aromatic nitrogens is 8. The maximum atomic E-state index is 12.2. The number of aromatic hydroxyl groups is 3. The topological polar surface area (TPSA) is 283 Å². The van der Waals surface area contributed by atoms with E-state index in [0.29, 0.717) is 43.9 Å². The number of benzene rings is 11. The van der Waals surface area contributed by atoms with Crippen LogP contribution in [-0.2, 0) is 4.74 Å². The second kappa shape index (κ2) is 25.4. The average Bonchev–Trinajstić information content (AvgIpc) is 0.852. The molecule has 91 heavy (non-hydrogen) atoms. The van der Waals surface area contributed by atoms with Crippen molar-refractivity contribution in [3.05, 3.63) is 254 Å². The van der Waals surface area contributed by atoms with Crippen LogP contribution < -0.4 is 32.0 Å². The minimum absolute atomic E-state index is 0.00602. The van der Waals surface area contributed by atoms with Crippen molar-refractivity contribution in [1.82, 2.24) is 39.9 Å². The Morgan fingerprint density at radius 3 is 1.22 bits per heavy atom. The summed E-state index contributed by atoms with van der Waals surface area (Å²) in [7, 11) is 1.22. The molecule has 0 saturated heterocycles. The fraction of sp³-hybridized carbons (Fsp3) is 0.0556. The highest BCUT2D eigenvalue weighted by Gasteiger charge is 2.18. The number of methoxy groups -OCH3 is 1. The highest BCUT2D eigenvalue weighted by atomic mass is 16.5. The van der Waals surface area contributed by atoms with E-state index in [0.717, 1.165) is 73.5 Å². The number of anilines is 6. The molecule has 19 heteroatoms. The van der Waals surface area contributed by atoms with E-state index >= 15 is 0 Å². The number of H-pyrrole nitrogens is 1. The van der Waals surface area contributed by atoms with Gasteiger partial charge in [0, 0.05) is 57.5 Å². The van der Waals surface area contributed by atoms with Gasteiger partial charge < -0.3 is 46.1 Å². The van der Waals surface area contributed by atoms with Crippen LogP contribution in [0.15, 0.2) is 216 Å². The summed E-state index contributed by atoms with van der Waals surface area (Å²) in [6.45, 7) is 5.74. The summed E-state index contributed by atoms with van der Waals surface area (Å²) in [5, 5.41) is 50.4. The molecule has 15 aromatic rings. The van der Waals surface area contributed by atoms with Gasteiger partial charge in [-0.3, -0.25) is 9.59 Å². The number of carbonyl (C=O) groups is 1. The molecule has 19 nitrogen and oxygen atoms in total. The molecule has 11 aromatic carbocycles. The van der Waals surface area contributed by atoms with Gasteiger partial charge in [-0.25, -0.2) is 39.7 Å². The Balaban J connectivity index is 0.000000117. The molecule has 4 heterocycles. The third-order valence-electron chi connectivity index (χ3n) is 14.6. The number of esters is 1. The molecule has 0 aliphatic rings. The molecule has 0 aliphatic carbocycles. The van der Waals surface area contributed by atoms with Crippen molar-refractivity contribution in [2.75, 3.05) is 23.1 Å². The van der Waals surface area contributed by atoms with Gasteiger partial charge >= 0.3 is 5.97 Å². The summed E-state index contributed by atoms with van der Waals surface area (Å²) >= 11 is 0. The lowest BCUT2D eigenvalue weighted by molar-refractivity contribution is 0.0602. The number of aryl methyl sites for hydroxylation is 3. The zero-order valence-electron chi connectivity index (χ0n) is 49.3. The number of phenolic OH excluding ortho intramolecular Hbond substituents is 3. The monoisotopic (exact) mass is 1200 g/mol. The highest BCUT2D eigenvalue weighted by molar-refractivity contribution is 6.03. The first-order chi connectivity index (χ1) is 44.1. The minimum atomic E-state index is -0.652. The SMILES string of the molecule is COC(=O)c1ccc(=O)c2nc3c(=CO)c(C)cc(=O)c3[nH]c12.Cc1cccc(Nc2cc(O)c3nc4ccccc4nc3c2)c1.Cc1cccc(Nc2cc(O)c3nc4ccccc4nc3c2)c1.Oc1cc(Nc2ccccc2)cc2nc3ccccc3nc12. The Morgan fingerprint density at radius 2 is 0.802 bits per heavy atom. The van der Waals surface area contributed by atoms with Crippen LogP contribution in [0, 0.1) is 20.8 Å². The van der Waals surface area contributed by atoms with E-state index in [4.69, 9.17) is 0 Å². The lowest BCUT2D eigenvalue weighted by Crippen LogP contribution is -2.19. The number of hydrogen-bond donors (Lipinski definition) is 8. The molecular formula is C72H55N11O8. The fourth-order valence-corrected chi connectivity index (χ4v) is 10.3. The zero-order chi connectivity index (χ0) is 63.3. The number of carbonyl (C=O) groups excluding carboxylic acids is 1. The van der Waals surface area contributed by atoms with Crippen LogP contribution in [0.2, 0.25) is 0 Å². The zero-order valence-corrected chi connectivity index (χ0v) is 49.3. The number of aliphatic hydroxyl groups excluding tert-OH is 1. The average molecular weight is 1200 g/mol. The largest absolute Gasteiger partial charge is 0.515 e. The molecule has 8 N–H and O–H groups in total. The summed E-state index contributed by atoms with van der Waals surface area (Å²) in [4.78, 5) is 70.4. The van der Waals surface area contributed by atoms with Crippen LogP contribution in [0.1, 0.15) is 27.0 Å². The van der Waals surface area contributed by atoms with Crippen LogP contribution in [0.4, 0.5) is 34.1 Å². The molecule has 15 rings (SSSR count). The third-order valence-corrected chi connectivity index (χ3v) is 14.6. The quantitative estimate of drug-likeness (QED) is 0.0544. The molecule has 4 aromatic heterocycles. The molecule has 0 saturated carbocycles. The number of aromatic amines is 1. The van der Waals surface area contributed by atoms with Crippen LogP contribution in [-0.4, -0.2) is 73.4 Å². The molecule has 446 valence electrons. The number of nitrogens with zero attached hydrogens (tertiary/aromatic N) is 7. The second-order valence-corrected chi connectivity index (χ2v) is 21.2. The third kappa shape index (κ3) is 12.8. The summed E-state index contributed by atoms with van der Waals surface area (Å²) in [5.74, 6) is -0.290. The van der Waals surface area contributed by atoms with Crippen molar-refractivity contribution < 1.29 is 30.0 Å². The van der Waals surface area contributed by atoms with Crippen molar-refractivity contribution in [3.8, 4) is 17.2 Å². The predicted molar refractivity (Wildman–Crippen MR) is 359 cm³/mol. The molecule has 0 aliphatic heterocycles. The van der Waals surface area contributed by atoms with Gasteiger partial charge in [-0.1, -0.05) is 78.9 Å². The summed E-state index contributed by atoms with van der Waals surface area (Å²) in [5.41, 5.74) is 16.1. The Kier molecular flexibility index (Phi) is 16.4. The first kappa shape index (κ1) is 58.7. The number of phenols is 3. The van der Waals surface area contributed by atoms with Gasteiger partial charge in [-0.05, 0) is 147 Å². The standard InChI is InChI=1S/2C19H15N3O.C18H13N3O.C16H12N2O5/c2*1-12-5-4-6-13(9-12)20-14-10-17-19(18(23)11-14)22-16-8-3-2-7-15(16)21-17;22-17-11-13(19-12-6-2-1-3-7-12)10-16-18(17)21-15-9-5-4-8-14(15)20-16;1-7-5-11(21)15-13(9(7)6-19)18-14-10(20)4-3-8(12(14)17-15)16(22)23-2/h2*2-11,20,23H,1H3;1-11,19,22H;3-6,17,19H,1-2H3. The summed E-state index contributed by atoms with van der Waals surface area (Å²) in [6, 6.07) is 63.4. The lowest BCUT2D eigenvalue weighted by Gasteiger charge is -2.10. The first-order valence-electron chi connectivity index (χ1n) is 28.6. The van der Waals surface area contributed by atoms with Crippen LogP contribution in [0.25, 0.3) is 94.5 Å². The normalized spacial score (nSPS) is 11.2. The number of rotatable bonds is 7. The van der Waals surface area contributed by atoms with Gasteiger partial charge in [-0.2, -0.15) is 0 Å². The van der Waals surface area contributed by atoms with Gasteiger partial charge in [0.1, 0.15) is 50.3 Å². The van der Waals surface area contributed by atoms with E-state index in [9.17, 15) is 34.8 Å². The maximum Gasteiger partial charge on any atom is 0.340 e. The number of fused-ring (bicyclic) bond motifs is 8. The molecule has 0 atom stereocenters. The van der Waals surface area contributed by atoms with Crippen molar-refractivity contribution >= 4 is 135 Å². The van der Waals surface area contributed by atoms with E-state index in [1.807, 2.05) is 184 Å². The molecule has 0 fully saturated rings. The molecule has 0 radical (unpaired) electrons. The van der Waals surface area contributed by atoms with Crippen molar-refractivity contribution in [3.63, 3.8) is 0 Å². The molecule has 0 bridgehead atoms. The van der Waals surface area contributed by atoms with E-state index in [1.54, 1.807) is 25.1 Å². The maximum absolute atomic E-state index is 12.2. The predicted octanol–water partition coefficient (Wildman–Crippen LogP) is 13.9. The Bertz CT molecular complexity index is 5350. The van der Waals surface area contributed by atoms with E-state index in [2.05, 4.69) is 60.6 Å². The Morgan fingerprint density at radius 1 is 0.396 bits per heavy atom. The van der Waals surface area contributed by atoms with E-state index in [1.165, 1.54) is 36.4 Å². The van der Waals surface area contributed by atoms with Crippen LogP contribution in [0.3, 0.4) is 0 Å². The van der Waals surface area contributed by atoms with E-state index < -0.39 is 11.4 Å². The van der Waals surface area contributed by atoms with Crippen molar-refractivity contribution in [1.29, 1.82) is 0 Å². The minimum Gasteiger partial charge on any atom is -0.515 e. The van der Waals surface area contributed by atoms with E-state index in [-0.39, 0.29) is 50.3 Å². The van der Waals surface area contributed by atoms with Crippen molar-refractivity contribution in [2.24, 2.45) is 0 Å². The number of ether oxygens (including phenoxy) is 1. The summed E-state index contributed by atoms with van der Waals surface area (Å²) in [6.07, 6.45) is 0.832. The van der Waals surface area contributed by atoms with Gasteiger partial charge in [-0.15, -0.1) is 0 Å². The number of para-hydroxylation sites is 7. The molecule has 0 unspecified atom stereocenters. The second-order valence-electron chi connectivity index (χ2n) is 21.2. The molecular weight excluding hydrogens is 1150 g/mol. The first-order valence-corrected chi connectivity index (χ1v) is 28.6. The highest BCUT2D eigenvalue weighted by Crippen LogP contribution is 2.33. The van der Waals surface area contributed by atoms with Gasteiger partial charge in [0.15, 0.2) is 0 Å². The van der Waals surface area contributed by atoms with Gasteiger partial charge in [0.05, 0.1) is 74.1 Å². The fourth-order valence-electron chi connectivity index (χ4n) is 10.3.